The van der Waals surface area contributed by atoms with Crippen LogP contribution in [0.2, 0.25) is 0 Å². The van der Waals surface area contributed by atoms with Crippen LogP contribution in [0.25, 0.3) is 0 Å². The van der Waals surface area contributed by atoms with E-state index in [0.29, 0.717) is 35.0 Å². The third-order valence-corrected chi connectivity index (χ3v) is 14.6. The van der Waals surface area contributed by atoms with Gasteiger partial charge in [-0.15, -0.1) is 0 Å². The summed E-state index contributed by atoms with van der Waals surface area (Å²) in [7, 11) is 0. The normalized spacial score (nSPS) is 46.9. The molecule has 0 radical (unpaired) electrons. The predicted molar refractivity (Wildman–Crippen MR) is 164 cm³/mol. The van der Waals surface area contributed by atoms with Gasteiger partial charge in [0.05, 0.1) is 12.8 Å². The lowest BCUT2D eigenvalue weighted by Gasteiger charge is -2.72. The summed E-state index contributed by atoms with van der Waals surface area (Å²) in [6, 6.07) is 0. The number of hydrogen-bond donors (Lipinski definition) is 2. The standard InChI is InChI=1S/C36H59NO4/c1-22(2)23-12-17-36(37)19-18-34(8)24(30(23)36)10-11-26-33(7)15-14-27(32(5,6)25(33)13-16-35(26,34)9)41-29(40)21-31(3,4)20-28(38)39/h23-27,30H,1,10-21,37H2,2-9H3,(H,38,39)/t23-,24+,25-,26+,27-,30+,33-,34+,35+,36-/m0/s1. The Balaban J connectivity index is 1.38. The fourth-order valence-corrected chi connectivity index (χ4v) is 12.5. The highest BCUT2D eigenvalue weighted by atomic mass is 16.5. The minimum atomic E-state index is -0.872. The van der Waals surface area contributed by atoms with Crippen LogP contribution in [0.4, 0.5) is 0 Å². The van der Waals surface area contributed by atoms with Crippen molar-refractivity contribution in [3.63, 3.8) is 0 Å². The number of carbonyl (C=O) groups is 2. The summed E-state index contributed by atoms with van der Waals surface area (Å²) in [5.74, 6) is 1.85. The zero-order valence-corrected chi connectivity index (χ0v) is 27.4. The van der Waals surface area contributed by atoms with Gasteiger partial charge in [-0.05, 0) is 122 Å². The van der Waals surface area contributed by atoms with Crippen LogP contribution in [-0.4, -0.2) is 28.7 Å². The molecule has 5 nitrogen and oxygen atoms in total. The lowest BCUT2D eigenvalue weighted by molar-refractivity contribution is -0.245. The number of ether oxygens (including phenoxy) is 1. The lowest BCUT2D eigenvalue weighted by Crippen LogP contribution is -2.68. The van der Waals surface area contributed by atoms with Gasteiger partial charge >= 0.3 is 11.9 Å². The van der Waals surface area contributed by atoms with Crippen LogP contribution in [0.1, 0.15) is 132 Å². The van der Waals surface area contributed by atoms with Gasteiger partial charge in [-0.25, -0.2) is 0 Å². The first kappa shape index (κ1) is 31.1. The second kappa shape index (κ2) is 9.83. The number of aliphatic carboxylic acids is 1. The molecule has 0 aromatic carbocycles. The fourth-order valence-electron chi connectivity index (χ4n) is 12.5. The van der Waals surface area contributed by atoms with Crippen molar-refractivity contribution in [1.82, 2.24) is 0 Å². The smallest absolute Gasteiger partial charge is 0.306 e. The number of carboxylic acid groups (broad SMARTS) is 1. The van der Waals surface area contributed by atoms with Crippen LogP contribution in [0, 0.1) is 56.7 Å². The summed E-state index contributed by atoms with van der Waals surface area (Å²) < 4.78 is 6.22. The van der Waals surface area contributed by atoms with Crippen LogP contribution in [0.5, 0.6) is 0 Å². The molecule has 5 saturated carbocycles. The summed E-state index contributed by atoms with van der Waals surface area (Å²) in [5, 5.41) is 9.26. The number of carboxylic acids is 1. The molecule has 0 amide bonds. The monoisotopic (exact) mass is 569 g/mol. The van der Waals surface area contributed by atoms with E-state index in [9.17, 15) is 14.7 Å². The van der Waals surface area contributed by atoms with Gasteiger partial charge in [0.15, 0.2) is 0 Å². The zero-order valence-electron chi connectivity index (χ0n) is 27.4. The molecule has 0 aromatic heterocycles. The van der Waals surface area contributed by atoms with Crippen molar-refractivity contribution in [2.24, 2.45) is 62.4 Å². The SMILES string of the molecule is C=C(C)[C@@H]1CC[C@]2(N)CC[C@]3(C)[C@H](CC[C@@H]4[C@@]5(C)CC[C@H](OC(=O)CC(C)(C)CC(=O)O)C(C)(C)[C@@H]5CC[C@]43C)[C@@H]12. The number of allylic oxidation sites excluding steroid dienone is 1. The topological polar surface area (TPSA) is 89.6 Å². The predicted octanol–water partition coefficient (Wildman–Crippen LogP) is 8.16. The van der Waals surface area contributed by atoms with Gasteiger partial charge in [-0.1, -0.05) is 60.6 Å². The molecule has 41 heavy (non-hydrogen) atoms. The molecule has 5 aliphatic carbocycles. The molecule has 0 aliphatic heterocycles. The van der Waals surface area contributed by atoms with E-state index < -0.39 is 11.4 Å². The first-order valence-electron chi connectivity index (χ1n) is 16.7. The first-order chi connectivity index (χ1) is 18.8. The summed E-state index contributed by atoms with van der Waals surface area (Å²) in [5.41, 5.74) is 8.64. The summed E-state index contributed by atoms with van der Waals surface area (Å²) >= 11 is 0. The van der Waals surface area contributed by atoms with Crippen molar-refractivity contribution in [3.8, 4) is 0 Å². The van der Waals surface area contributed by atoms with Crippen molar-refractivity contribution in [1.29, 1.82) is 0 Å². The van der Waals surface area contributed by atoms with E-state index in [-0.39, 0.29) is 46.7 Å². The van der Waals surface area contributed by atoms with Gasteiger partial charge in [0.2, 0.25) is 0 Å². The van der Waals surface area contributed by atoms with Crippen LogP contribution >= 0.6 is 0 Å². The third-order valence-electron chi connectivity index (χ3n) is 14.6. The van der Waals surface area contributed by atoms with Gasteiger partial charge in [0.25, 0.3) is 0 Å². The maximum atomic E-state index is 13.1. The quantitative estimate of drug-likeness (QED) is 0.249. The van der Waals surface area contributed by atoms with Gasteiger partial charge in [0.1, 0.15) is 6.10 Å². The molecular formula is C36H59NO4. The molecule has 0 spiro atoms. The van der Waals surface area contributed by atoms with Crippen LogP contribution < -0.4 is 5.73 Å². The number of fused-ring (bicyclic) bond motifs is 7. The molecule has 5 heteroatoms. The Kier molecular flexibility index (Phi) is 7.45. The Morgan fingerprint density at radius 1 is 0.878 bits per heavy atom. The van der Waals surface area contributed by atoms with Crippen molar-refractivity contribution >= 4 is 11.9 Å². The highest BCUT2D eigenvalue weighted by molar-refractivity contribution is 5.73. The first-order valence-corrected chi connectivity index (χ1v) is 16.7. The Hall–Kier alpha value is -1.36. The van der Waals surface area contributed by atoms with Crippen LogP contribution in [0.15, 0.2) is 12.2 Å². The number of carbonyl (C=O) groups excluding carboxylic acids is 1. The second-order valence-electron chi connectivity index (χ2n) is 17.7. The average molecular weight is 570 g/mol. The van der Waals surface area contributed by atoms with E-state index in [4.69, 9.17) is 10.5 Å². The van der Waals surface area contributed by atoms with E-state index in [2.05, 4.69) is 48.1 Å². The summed E-state index contributed by atoms with van der Waals surface area (Å²) in [6.45, 7) is 22.9. The number of hydrogen-bond acceptors (Lipinski definition) is 4. The van der Waals surface area contributed by atoms with Crippen molar-refractivity contribution in [3.05, 3.63) is 12.2 Å². The molecule has 0 saturated heterocycles. The lowest BCUT2D eigenvalue weighted by atomic mass is 9.32. The molecular weight excluding hydrogens is 510 g/mol. The van der Waals surface area contributed by atoms with E-state index >= 15 is 0 Å². The molecule has 5 fully saturated rings. The number of rotatable bonds is 6. The second-order valence-corrected chi connectivity index (χ2v) is 17.7. The van der Waals surface area contributed by atoms with Gasteiger partial charge in [0, 0.05) is 11.0 Å². The Labute approximate surface area is 249 Å². The summed E-state index contributed by atoms with van der Waals surface area (Å²) in [6.07, 6.45) is 11.7. The maximum Gasteiger partial charge on any atom is 0.306 e. The molecule has 10 atom stereocenters. The van der Waals surface area contributed by atoms with Crippen molar-refractivity contribution in [2.75, 3.05) is 0 Å². The van der Waals surface area contributed by atoms with Gasteiger partial charge in [-0.2, -0.15) is 0 Å². The number of nitrogens with two attached hydrogens (primary N) is 1. The van der Waals surface area contributed by atoms with Crippen molar-refractivity contribution < 1.29 is 19.4 Å². The largest absolute Gasteiger partial charge is 0.481 e. The molecule has 0 bridgehead atoms. The molecule has 0 unspecified atom stereocenters. The van der Waals surface area contributed by atoms with Crippen LogP contribution in [-0.2, 0) is 14.3 Å². The van der Waals surface area contributed by atoms with E-state index in [0.717, 1.165) is 25.7 Å². The molecule has 5 rings (SSSR count). The van der Waals surface area contributed by atoms with E-state index in [1.807, 2.05) is 13.8 Å². The Morgan fingerprint density at radius 3 is 2.20 bits per heavy atom. The van der Waals surface area contributed by atoms with Crippen LogP contribution in [0.3, 0.4) is 0 Å². The van der Waals surface area contributed by atoms with E-state index in [1.54, 1.807) is 0 Å². The molecule has 0 heterocycles. The minimum Gasteiger partial charge on any atom is -0.481 e. The van der Waals surface area contributed by atoms with E-state index in [1.165, 1.54) is 44.1 Å². The summed E-state index contributed by atoms with van der Waals surface area (Å²) in [4.78, 5) is 24.4. The van der Waals surface area contributed by atoms with Gasteiger partial charge in [-0.3, -0.25) is 9.59 Å². The molecule has 232 valence electrons. The Bertz CT molecular complexity index is 1100. The zero-order chi connectivity index (χ0) is 30.4. The number of esters is 1. The molecule has 0 aromatic rings. The minimum absolute atomic E-state index is 0.0128. The third kappa shape index (κ3) is 4.65. The highest BCUT2D eigenvalue weighted by Gasteiger charge is 2.70. The fraction of sp³-hybridized carbons (Fsp3) is 0.889. The molecule has 3 N–H and O–H groups in total. The Morgan fingerprint density at radius 2 is 1.56 bits per heavy atom. The van der Waals surface area contributed by atoms with Gasteiger partial charge < -0.3 is 15.6 Å². The maximum absolute atomic E-state index is 13.1. The molecule has 5 aliphatic rings. The highest BCUT2D eigenvalue weighted by Crippen LogP contribution is 2.76. The van der Waals surface area contributed by atoms with Crippen molar-refractivity contribution in [2.45, 2.75) is 144 Å². The average Bonchev–Trinajstić information content (AvgIpc) is 3.18.